The number of aromatic nitrogens is 1. The zero-order valence-corrected chi connectivity index (χ0v) is 18.2. The second-order valence-electron chi connectivity index (χ2n) is 8.01. The molecule has 31 heavy (non-hydrogen) atoms. The average molecular weight is 447 g/mol. The summed E-state index contributed by atoms with van der Waals surface area (Å²) in [4.78, 5) is 27.2. The van der Waals surface area contributed by atoms with E-state index in [1.165, 1.54) is 16.4 Å². The fourth-order valence-corrected chi connectivity index (χ4v) is 5.55. The van der Waals surface area contributed by atoms with Gasteiger partial charge in [-0.15, -0.1) is 0 Å². The van der Waals surface area contributed by atoms with Crippen molar-refractivity contribution in [3.63, 3.8) is 0 Å². The number of sulfonamides is 1. The van der Waals surface area contributed by atoms with Crippen LogP contribution in [0.3, 0.4) is 0 Å². The van der Waals surface area contributed by atoms with Gasteiger partial charge in [-0.1, -0.05) is 5.16 Å². The normalized spacial score (nSPS) is 18.3. The summed E-state index contributed by atoms with van der Waals surface area (Å²) in [6.45, 7) is 3.76. The van der Waals surface area contributed by atoms with Crippen LogP contribution in [0.15, 0.2) is 39.8 Å². The van der Waals surface area contributed by atoms with Gasteiger partial charge in [0.05, 0.1) is 4.90 Å². The maximum absolute atomic E-state index is 12.8. The first-order valence-corrected chi connectivity index (χ1v) is 11.9. The lowest BCUT2D eigenvalue weighted by molar-refractivity contribution is -0.121. The molecule has 0 aliphatic carbocycles. The van der Waals surface area contributed by atoms with Gasteiger partial charge in [0.1, 0.15) is 5.76 Å². The quantitative estimate of drug-likeness (QED) is 0.754. The predicted octanol–water partition coefficient (Wildman–Crippen LogP) is 2.26. The first kappa shape index (κ1) is 21.5. The molecule has 2 aromatic rings. The maximum Gasteiger partial charge on any atom is 0.253 e. The van der Waals surface area contributed by atoms with Crippen molar-refractivity contribution in [1.29, 1.82) is 0 Å². The average Bonchev–Trinajstić information content (AvgIpc) is 3.46. The highest BCUT2D eigenvalue weighted by Crippen LogP contribution is 2.23. The largest absolute Gasteiger partial charge is 0.360 e. The van der Waals surface area contributed by atoms with Crippen LogP contribution in [-0.2, 0) is 14.8 Å². The second-order valence-corrected chi connectivity index (χ2v) is 9.95. The van der Waals surface area contributed by atoms with Gasteiger partial charge in [0.25, 0.3) is 5.91 Å². The smallest absolute Gasteiger partial charge is 0.253 e. The molecule has 9 nitrogen and oxygen atoms in total. The molecule has 3 heterocycles. The number of aryl methyl sites for hydroxylation is 1. The highest BCUT2D eigenvalue weighted by molar-refractivity contribution is 7.89. The van der Waals surface area contributed by atoms with E-state index >= 15 is 0 Å². The highest BCUT2D eigenvalue weighted by Gasteiger charge is 2.30. The number of anilines is 1. The summed E-state index contributed by atoms with van der Waals surface area (Å²) in [6, 6.07) is 7.79. The Kier molecular flexibility index (Phi) is 6.10. The number of rotatable bonds is 5. The summed E-state index contributed by atoms with van der Waals surface area (Å²) in [6.07, 6.45) is 2.86. The Bertz CT molecular complexity index is 1050. The van der Waals surface area contributed by atoms with Gasteiger partial charge in [0.15, 0.2) is 5.82 Å². The molecular weight excluding hydrogens is 420 g/mol. The van der Waals surface area contributed by atoms with E-state index in [2.05, 4.69) is 10.5 Å². The Morgan fingerprint density at radius 2 is 1.71 bits per heavy atom. The van der Waals surface area contributed by atoms with E-state index in [1.807, 2.05) is 0 Å². The minimum absolute atomic E-state index is 0.128. The van der Waals surface area contributed by atoms with Gasteiger partial charge in [0.2, 0.25) is 15.9 Å². The number of nitrogens with zero attached hydrogens (tertiary/aromatic N) is 3. The Morgan fingerprint density at radius 1 is 1.06 bits per heavy atom. The molecule has 0 spiro atoms. The number of benzene rings is 1. The summed E-state index contributed by atoms with van der Waals surface area (Å²) in [5, 5.41) is 6.51. The number of hydrogen-bond acceptors (Lipinski definition) is 6. The van der Waals surface area contributed by atoms with E-state index in [0.29, 0.717) is 56.2 Å². The minimum atomic E-state index is -3.50. The molecule has 0 unspecified atom stereocenters. The third kappa shape index (κ3) is 4.64. The van der Waals surface area contributed by atoms with E-state index in [9.17, 15) is 18.0 Å². The lowest BCUT2D eigenvalue weighted by atomic mass is 9.95. The van der Waals surface area contributed by atoms with Gasteiger partial charge in [-0.3, -0.25) is 9.59 Å². The van der Waals surface area contributed by atoms with E-state index in [0.717, 1.165) is 12.8 Å². The van der Waals surface area contributed by atoms with Gasteiger partial charge in [-0.25, -0.2) is 8.42 Å². The summed E-state index contributed by atoms with van der Waals surface area (Å²) < 4.78 is 31.7. The van der Waals surface area contributed by atoms with Gasteiger partial charge in [-0.05, 0) is 56.9 Å². The van der Waals surface area contributed by atoms with Crippen LogP contribution in [0, 0.1) is 12.8 Å². The summed E-state index contributed by atoms with van der Waals surface area (Å²) in [7, 11) is -3.50. The van der Waals surface area contributed by atoms with Crippen molar-refractivity contribution in [1.82, 2.24) is 14.4 Å². The van der Waals surface area contributed by atoms with Gasteiger partial charge in [-0.2, -0.15) is 4.31 Å². The number of likely N-dealkylation sites (tertiary alicyclic amines) is 1. The van der Waals surface area contributed by atoms with Crippen LogP contribution in [0.4, 0.5) is 5.82 Å². The molecule has 10 heteroatoms. The lowest BCUT2D eigenvalue weighted by Gasteiger charge is -2.31. The topological polar surface area (TPSA) is 113 Å². The zero-order chi connectivity index (χ0) is 22.0. The molecule has 0 saturated carbocycles. The highest BCUT2D eigenvalue weighted by atomic mass is 32.2. The van der Waals surface area contributed by atoms with Gasteiger partial charge in [0, 0.05) is 43.7 Å². The summed E-state index contributed by atoms with van der Waals surface area (Å²) in [5.41, 5.74) is 0.446. The molecule has 0 radical (unpaired) electrons. The second kappa shape index (κ2) is 8.80. The number of nitrogens with one attached hydrogen (secondary N) is 1. The minimum Gasteiger partial charge on any atom is -0.360 e. The fraction of sp³-hybridized carbons (Fsp3) is 0.476. The number of hydrogen-bond donors (Lipinski definition) is 1. The Morgan fingerprint density at radius 3 is 2.29 bits per heavy atom. The number of carbonyl (C=O) groups is 2. The number of carbonyl (C=O) groups excluding carboxylic acids is 2. The predicted molar refractivity (Wildman–Crippen MR) is 113 cm³/mol. The van der Waals surface area contributed by atoms with Crippen LogP contribution in [0.1, 0.15) is 41.8 Å². The SMILES string of the molecule is Cc1cc(NC(=O)C2CCN(C(=O)c3ccc(S(=O)(=O)N4CCCC4)cc3)CC2)no1. The van der Waals surface area contributed by atoms with Crippen molar-refractivity contribution in [3.05, 3.63) is 41.7 Å². The Labute approximate surface area is 181 Å². The van der Waals surface area contributed by atoms with Gasteiger partial charge < -0.3 is 14.7 Å². The molecular formula is C21H26N4O5S. The fourth-order valence-electron chi connectivity index (χ4n) is 4.03. The summed E-state index contributed by atoms with van der Waals surface area (Å²) in [5.74, 6) is 0.530. The van der Waals surface area contributed by atoms with Crippen molar-refractivity contribution < 1.29 is 22.5 Å². The molecule has 2 aliphatic rings. The molecule has 1 N–H and O–H groups in total. The molecule has 2 amide bonds. The third-order valence-electron chi connectivity index (χ3n) is 5.84. The van der Waals surface area contributed by atoms with Gasteiger partial charge >= 0.3 is 0 Å². The van der Waals surface area contributed by atoms with Crippen molar-refractivity contribution in [2.45, 2.75) is 37.5 Å². The van der Waals surface area contributed by atoms with E-state index in [-0.39, 0.29) is 22.6 Å². The first-order valence-electron chi connectivity index (χ1n) is 10.5. The molecule has 0 atom stereocenters. The Balaban J connectivity index is 1.33. The van der Waals surface area contributed by atoms with Crippen LogP contribution in [0.2, 0.25) is 0 Å². The van der Waals surface area contributed by atoms with Crippen LogP contribution >= 0.6 is 0 Å². The number of piperidine rings is 1. The molecule has 2 fully saturated rings. The molecule has 1 aromatic heterocycles. The van der Waals surface area contributed by atoms with Crippen molar-refractivity contribution in [2.75, 3.05) is 31.5 Å². The third-order valence-corrected chi connectivity index (χ3v) is 7.75. The Hall–Kier alpha value is -2.72. The molecule has 4 rings (SSSR count). The van der Waals surface area contributed by atoms with Crippen LogP contribution in [0.25, 0.3) is 0 Å². The van der Waals surface area contributed by atoms with Crippen LogP contribution in [0.5, 0.6) is 0 Å². The molecule has 1 aromatic carbocycles. The summed E-state index contributed by atoms with van der Waals surface area (Å²) >= 11 is 0. The van der Waals surface area contributed by atoms with Crippen molar-refractivity contribution in [2.24, 2.45) is 5.92 Å². The first-order chi connectivity index (χ1) is 14.8. The number of amides is 2. The van der Waals surface area contributed by atoms with Crippen molar-refractivity contribution in [3.8, 4) is 0 Å². The molecule has 2 aliphatic heterocycles. The monoisotopic (exact) mass is 446 g/mol. The van der Waals surface area contributed by atoms with Crippen LogP contribution in [-0.4, -0.2) is 60.8 Å². The van der Waals surface area contributed by atoms with E-state index in [1.54, 1.807) is 30.0 Å². The maximum atomic E-state index is 12.8. The molecule has 0 bridgehead atoms. The molecule has 166 valence electrons. The van der Waals surface area contributed by atoms with E-state index < -0.39 is 10.0 Å². The standard InChI is InChI=1S/C21H26N4O5S/c1-15-14-19(23-30-15)22-20(26)16-8-12-24(13-9-16)21(27)17-4-6-18(7-5-17)31(28,29)25-10-2-3-11-25/h4-7,14,16H,2-3,8-13H2,1H3,(H,22,23,26). The zero-order valence-electron chi connectivity index (χ0n) is 17.4. The van der Waals surface area contributed by atoms with Crippen molar-refractivity contribution >= 4 is 27.7 Å². The lowest BCUT2D eigenvalue weighted by Crippen LogP contribution is -2.41. The van der Waals surface area contributed by atoms with E-state index in [4.69, 9.17) is 4.52 Å². The van der Waals surface area contributed by atoms with Crippen LogP contribution < -0.4 is 5.32 Å². The molecule has 2 saturated heterocycles.